The third kappa shape index (κ3) is 5.00. The van der Waals surface area contributed by atoms with Crippen molar-refractivity contribution in [1.29, 1.82) is 0 Å². The number of carbonyl (C=O) groups is 1. The minimum Gasteiger partial charge on any atom is -0.493 e. The van der Waals surface area contributed by atoms with Crippen LogP contribution in [-0.4, -0.2) is 30.1 Å². The monoisotopic (exact) mass is 492 g/mol. The molecule has 3 heterocycles. The van der Waals surface area contributed by atoms with Gasteiger partial charge in [-0.25, -0.2) is 9.97 Å². The van der Waals surface area contributed by atoms with Gasteiger partial charge >= 0.3 is 0 Å². The number of rotatable bonds is 8. The molecule has 1 aromatic carbocycles. The van der Waals surface area contributed by atoms with Crippen LogP contribution >= 0.6 is 11.3 Å². The second kappa shape index (κ2) is 10.2. The largest absolute Gasteiger partial charge is 0.493 e. The van der Waals surface area contributed by atoms with Crippen LogP contribution in [0.5, 0.6) is 11.5 Å². The second-order valence-electron chi connectivity index (χ2n) is 8.09. The number of hydrogen-bond acceptors (Lipinski definition) is 8. The van der Waals surface area contributed by atoms with E-state index in [2.05, 4.69) is 20.6 Å². The van der Waals surface area contributed by atoms with Crippen molar-refractivity contribution in [2.45, 2.75) is 33.7 Å². The van der Waals surface area contributed by atoms with Gasteiger partial charge in [-0.05, 0) is 57.5 Å². The standard InChI is InChI=1S/C26H28N4O4S/c1-14-13-15(2)28-26(27-14)29-22(18-9-7-10-19(32-5)23(18)33-6)21-16(3)17(4)35-25(21)30-24(31)20-11-8-12-34-20/h7-13,22H,1-6H3,(H,30,31)(H,27,28,29)/t22-/m0/s1. The molecule has 0 unspecified atom stereocenters. The summed E-state index contributed by atoms with van der Waals surface area (Å²) in [5.41, 5.74) is 4.45. The quantitative estimate of drug-likeness (QED) is 0.319. The van der Waals surface area contributed by atoms with Crippen LogP contribution in [0, 0.1) is 27.7 Å². The molecule has 0 radical (unpaired) electrons. The molecule has 4 rings (SSSR count). The first-order chi connectivity index (χ1) is 16.8. The highest BCUT2D eigenvalue weighted by atomic mass is 32.1. The first-order valence-electron chi connectivity index (χ1n) is 11.1. The summed E-state index contributed by atoms with van der Waals surface area (Å²) in [5.74, 6) is 1.58. The Labute approximate surface area is 208 Å². The zero-order valence-electron chi connectivity index (χ0n) is 20.6. The summed E-state index contributed by atoms with van der Waals surface area (Å²) in [5, 5.41) is 7.23. The van der Waals surface area contributed by atoms with E-state index in [0.29, 0.717) is 22.4 Å². The molecule has 0 saturated heterocycles. The molecule has 0 bridgehead atoms. The molecule has 0 aliphatic heterocycles. The SMILES string of the molecule is COc1cccc([C@H](Nc2nc(C)cc(C)n2)c2c(NC(=O)c3ccco3)sc(C)c2C)c1OC. The fourth-order valence-electron chi connectivity index (χ4n) is 4.02. The summed E-state index contributed by atoms with van der Waals surface area (Å²) in [4.78, 5) is 23.2. The van der Waals surface area contributed by atoms with Gasteiger partial charge in [0.15, 0.2) is 17.3 Å². The van der Waals surface area contributed by atoms with E-state index in [1.165, 1.54) is 17.6 Å². The third-order valence-electron chi connectivity index (χ3n) is 5.69. The Morgan fingerprint density at radius 2 is 1.77 bits per heavy atom. The van der Waals surface area contributed by atoms with Gasteiger partial charge in [0.1, 0.15) is 5.00 Å². The highest BCUT2D eigenvalue weighted by molar-refractivity contribution is 7.16. The van der Waals surface area contributed by atoms with E-state index in [-0.39, 0.29) is 11.7 Å². The minimum atomic E-state index is -0.446. The summed E-state index contributed by atoms with van der Waals surface area (Å²) >= 11 is 1.50. The minimum absolute atomic E-state index is 0.237. The molecule has 35 heavy (non-hydrogen) atoms. The average molecular weight is 493 g/mol. The number of nitrogens with zero attached hydrogens (tertiary/aromatic N) is 2. The Hall–Kier alpha value is -3.85. The van der Waals surface area contributed by atoms with Gasteiger partial charge in [0, 0.05) is 27.4 Å². The van der Waals surface area contributed by atoms with E-state index >= 15 is 0 Å². The number of amides is 1. The van der Waals surface area contributed by atoms with E-state index in [9.17, 15) is 4.79 Å². The molecule has 2 N–H and O–H groups in total. The van der Waals surface area contributed by atoms with Crippen molar-refractivity contribution in [3.63, 3.8) is 0 Å². The van der Waals surface area contributed by atoms with E-state index in [1.807, 2.05) is 52.0 Å². The molecule has 1 atom stereocenters. The van der Waals surface area contributed by atoms with Gasteiger partial charge in [-0.1, -0.05) is 12.1 Å². The average Bonchev–Trinajstić information content (AvgIpc) is 3.45. The zero-order valence-corrected chi connectivity index (χ0v) is 21.4. The highest BCUT2D eigenvalue weighted by Gasteiger charge is 2.29. The molecule has 9 heteroatoms. The highest BCUT2D eigenvalue weighted by Crippen LogP contribution is 2.45. The maximum atomic E-state index is 12.9. The Balaban J connectivity index is 1.88. The van der Waals surface area contributed by atoms with Crippen LogP contribution in [0.1, 0.15) is 49.6 Å². The van der Waals surface area contributed by atoms with Gasteiger partial charge in [0.2, 0.25) is 5.95 Å². The predicted octanol–water partition coefficient (Wildman–Crippen LogP) is 5.84. The number of ether oxygens (including phenoxy) is 2. The smallest absolute Gasteiger partial charge is 0.291 e. The van der Waals surface area contributed by atoms with Crippen LogP contribution in [0.4, 0.5) is 10.9 Å². The van der Waals surface area contributed by atoms with Gasteiger partial charge in [0.25, 0.3) is 5.91 Å². The number of anilines is 2. The van der Waals surface area contributed by atoms with Crippen molar-refractivity contribution in [3.8, 4) is 11.5 Å². The van der Waals surface area contributed by atoms with Gasteiger partial charge in [-0.3, -0.25) is 4.79 Å². The predicted molar refractivity (Wildman–Crippen MR) is 137 cm³/mol. The van der Waals surface area contributed by atoms with Crippen LogP contribution in [-0.2, 0) is 0 Å². The van der Waals surface area contributed by atoms with Crippen molar-refractivity contribution in [2.75, 3.05) is 24.9 Å². The number of carbonyl (C=O) groups excluding carboxylic acids is 1. The molecule has 8 nitrogen and oxygen atoms in total. The lowest BCUT2D eigenvalue weighted by molar-refractivity contribution is 0.0997. The maximum Gasteiger partial charge on any atom is 0.291 e. The number of methoxy groups -OCH3 is 2. The Bertz CT molecular complexity index is 1330. The molecule has 0 fully saturated rings. The zero-order chi connectivity index (χ0) is 25.1. The second-order valence-corrected chi connectivity index (χ2v) is 9.32. The van der Waals surface area contributed by atoms with Gasteiger partial charge in [-0.15, -0.1) is 11.3 Å². The number of para-hydroxylation sites is 1. The molecule has 4 aromatic rings. The van der Waals surface area contributed by atoms with E-state index in [4.69, 9.17) is 13.9 Å². The first-order valence-corrected chi connectivity index (χ1v) is 11.9. The Morgan fingerprint density at radius 1 is 1.03 bits per heavy atom. The van der Waals surface area contributed by atoms with Crippen molar-refractivity contribution < 1.29 is 18.7 Å². The van der Waals surface area contributed by atoms with Crippen molar-refractivity contribution in [3.05, 3.63) is 81.4 Å². The number of aromatic nitrogens is 2. The molecule has 3 aromatic heterocycles. The fourth-order valence-corrected chi connectivity index (χ4v) is 5.12. The summed E-state index contributed by atoms with van der Waals surface area (Å²) in [7, 11) is 3.21. The Kier molecular flexibility index (Phi) is 7.07. The molecule has 0 aliphatic carbocycles. The summed E-state index contributed by atoms with van der Waals surface area (Å²) in [6.45, 7) is 7.92. The van der Waals surface area contributed by atoms with E-state index in [0.717, 1.165) is 33.0 Å². The van der Waals surface area contributed by atoms with E-state index < -0.39 is 6.04 Å². The van der Waals surface area contributed by atoms with Crippen molar-refractivity contribution in [1.82, 2.24) is 9.97 Å². The number of furan rings is 1. The van der Waals surface area contributed by atoms with E-state index in [1.54, 1.807) is 26.4 Å². The normalized spacial score (nSPS) is 11.7. The first kappa shape index (κ1) is 24.3. The lowest BCUT2D eigenvalue weighted by Gasteiger charge is -2.24. The molecular formula is C26H28N4O4S. The fraction of sp³-hybridized carbons (Fsp3) is 0.269. The lowest BCUT2D eigenvalue weighted by atomic mass is 9.95. The number of nitrogens with one attached hydrogen (secondary N) is 2. The Morgan fingerprint density at radius 3 is 2.40 bits per heavy atom. The lowest BCUT2D eigenvalue weighted by Crippen LogP contribution is -2.19. The van der Waals surface area contributed by atoms with Gasteiger partial charge in [0.05, 0.1) is 26.5 Å². The maximum absolute atomic E-state index is 12.9. The van der Waals surface area contributed by atoms with Crippen LogP contribution < -0.4 is 20.1 Å². The molecule has 0 aliphatic rings. The van der Waals surface area contributed by atoms with Gasteiger partial charge in [-0.2, -0.15) is 0 Å². The number of hydrogen-bond donors (Lipinski definition) is 2. The molecule has 1 amide bonds. The molecule has 0 spiro atoms. The number of thiophene rings is 1. The summed E-state index contributed by atoms with van der Waals surface area (Å²) < 4.78 is 16.6. The third-order valence-corrected chi connectivity index (χ3v) is 6.83. The number of benzene rings is 1. The molecular weight excluding hydrogens is 464 g/mol. The summed E-state index contributed by atoms with van der Waals surface area (Å²) in [6, 6.07) is 10.5. The van der Waals surface area contributed by atoms with Crippen LogP contribution in [0.25, 0.3) is 0 Å². The summed E-state index contributed by atoms with van der Waals surface area (Å²) in [6.07, 6.45) is 1.48. The molecule has 0 saturated carbocycles. The van der Waals surface area contributed by atoms with Crippen molar-refractivity contribution in [2.24, 2.45) is 0 Å². The van der Waals surface area contributed by atoms with Crippen LogP contribution in [0.15, 0.2) is 47.1 Å². The van der Waals surface area contributed by atoms with Crippen molar-refractivity contribution >= 4 is 28.2 Å². The molecule has 182 valence electrons. The topological polar surface area (TPSA) is 98.5 Å². The van der Waals surface area contributed by atoms with Gasteiger partial charge < -0.3 is 24.5 Å². The number of aryl methyl sites for hydroxylation is 3. The van der Waals surface area contributed by atoms with Crippen LogP contribution in [0.2, 0.25) is 0 Å². The van der Waals surface area contributed by atoms with Crippen LogP contribution in [0.3, 0.4) is 0 Å².